The van der Waals surface area contributed by atoms with Gasteiger partial charge < -0.3 is 48.1 Å². The number of nitrogens with zero attached hydrogens (tertiary/aromatic N) is 2. The van der Waals surface area contributed by atoms with E-state index in [1.807, 2.05) is 51.1 Å². The Balaban J connectivity index is 1.14. The number of aromatic nitrogens is 1. The maximum atomic E-state index is 14.6. The molecule has 3 aromatic rings. The minimum atomic E-state index is -2.51. The standard InChI is InChI=1S/C58H80N2O12/c1-10-42-27-35(2)26-36(3)28-51(68-8)54-52(69-9)30-38(5)58(66,72-54)55(63)56(64)60-24-15-14-18-46(60)57(65)71-53(39(6)47(61)33-48(42)62)37(4)29-41-19-22-49(50(31-41)67-7)70-44-20-21-45-43(32-44)23-25-59(45)34-40-16-12-11-13-17-40/h11-13,16-17,20-21,23,25,27,29,32,36,38-39,41-42,46-47,49-54,61,66H,10,14-15,18-19,22,24,26,28,30-31,33-34H2,1-9H3. The summed E-state index contributed by atoms with van der Waals surface area (Å²) >= 11 is 0. The van der Waals surface area contributed by atoms with E-state index in [-0.39, 0.29) is 55.6 Å². The van der Waals surface area contributed by atoms with Crippen molar-refractivity contribution in [3.8, 4) is 5.75 Å². The van der Waals surface area contributed by atoms with Gasteiger partial charge in [0.1, 0.15) is 35.9 Å². The van der Waals surface area contributed by atoms with Crippen LogP contribution in [-0.2, 0) is 49.4 Å². The van der Waals surface area contributed by atoms with Crippen LogP contribution in [0.5, 0.6) is 5.75 Å². The normalized spacial score (nSPS) is 34.2. The molecule has 14 nitrogen and oxygen atoms in total. The third kappa shape index (κ3) is 12.6. The van der Waals surface area contributed by atoms with Crippen LogP contribution in [0.1, 0.15) is 118 Å². The Hall–Kier alpha value is -4.70. The monoisotopic (exact) mass is 997 g/mol. The zero-order chi connectivity index (χ0) is 51.9. The first-order valence-corrected chi connectivity index (χ1v) is 26.4. The summed E-state index contributed by atoms with van der Waals surface area (Å²) in [6, 6.07) is 17.5. The zero-order valence-corrected chi connectivity index (χ0v) is 44.0. The number of aliphatic hydroxyl groups is 2. The van der Waals surface area contributed by atoms with Gasteiger partial charge in [0.05, 0.1) is 24.4 Å². The van der Waals surface area contributed by atoms with Gasteiger partial charge in [0.15, 0.2) is 0 Å². The summed E-state index contributed by atoms with van der Waals surface area (Å²) in [4.78, 5) is 58.8. The molecule has 72 heavy (non-hydrogen) atoms. The molecule has 14 heteroatoms. The lowest BCUT2D eigenvalue weighted by Crippen LogP contribution is -2.64. The number of rotatable bonds is 10. The molecule has 2 bridgehead atoms. The number of ketones is 2. The predicted molar refractivity (Wildman–Crippen MR) is 274 cm³/mol. The smallest absolute Gasteiger partial charge is 0.329 e. The second-order valence-electron chi connectivity index (χ2n) is 21.4. The first kappa shape index (κ1) is 55.1. The van der Waals surface area contributed by atoms with Crippen LogP contribution in [0.25, 0.3) is 10.9 Å². The van der Waals surface area contributed by atoms with Crippen LogP contribution in [0.15, 0.2) is 84.1 Å². The third-order valence-corrected chi connectivity index (χ3v) is 16.1. The zero-order valence-electron chi connectivity index (χ0n) is 44.0. The van der Waals surface area contributed by atoms with Crippen molar-refractivity contribution in [2.75, 3.05) is 27.9 Å². The summed E-state index contributed by atoms with van der Waals surface area (Å²) in [6.45, 7) is 12.2. The number of Topliss-reactive ketones (excluding diaryl/α,β-unsaturated/α-hetero) is 2. The molecular formula is C58H80N2O12. The van der Waals surface area contributed by atoms with Crippen LogP contribution in [0.3, 0.4) is 0 Å². The summed E-state index contributed by atoms with van der Waals surface area (Å²) in [5.41, 5.74) is 4.03. The van der Waals surface area contributed by atoms with Crippen molar-refractivity contribution < 1.29 is 57.8 Å². The molecule has 1 saturated carbocycles. The molecule has 1 amide bonds. The molecule has 3 aliphatic heterocycles. The molecule has 0 radical (unpaired) electrons. The number of cyclic esters (lactones) is 1. The fourth-order valence-corrected chi connectivity index (χ4v) is 11.9. The van der Waals surface area contributed by atoms with E-state index in [0.29, 0.717) is 50.5 Å². The maximum Gasteiger partial charge on any atom is 0.329 e. The number of ether oxygens (including phenoxy) is 6. The van der Waals surface area contributed by atoms with Crippen molar-refractivity contribution in [3.05, 3.63) is 89.7 Å². The molecule has 7 rings (SSSR count). The molecule has 2 N–H and O–H groups in total. The molecule has 0 spiro atoms. The summed E-state index contributed by atoms with van der Waals surface area (Å²) in [6.07, 6.45) is 6.61. The number of esters is 1. The Morgan fingerprint density at radius 3 is 2.29 bits per heavy atom. The van der Waals surface area contributed by atoms with E-state index in [4.69, 9.17) is 28.4 Å². The number of hydrogen-bond acceptors (Lipinski definition) is 12. The highest BCUT2D eigenvalue weighted by Gasteiger charge is 2.56. The number of fused-ring (bicyclic) bond motifs is 4. The second-order valence-corrected chi connectivity index (χ2v) is 21.4. The molecule has 4 heterocycles. The van der Waals surface area contributed by atoms with Crippen molar-refractivity contribution in [2.45, 2.75) is 173 Å². The molecule has 14 unspecified atom stereocenters. The number of carbonyl (C=O) groups is 4. The van der Waals surface area contributed by atoms with Crippen LogP contribution >= 0.6 is 0 Å². The molecule has 1 aromatic heterocycles. The van der Waals surface area contributed by atoms with Crippen molar-refractivity contribution >= 4 is 34.3 Å². The summed E-state index contributed by atoms with van der Waals surface area (Å²) in [7, 11) is 4.77. The highest BCUT2D eigenvalue weighted by molar-refractivity contribution is 6.39. The highest BCUT2D eigenvalue weighted by atomic mass is 16.7. The van der Waals surface area contributed by atoms with E-state index in [1.165, 1.54) is 10.5 Å². The molecule has 1 aliphatic carbocycles. The van der Waals surface area contributed by atoms with Gasteiger partial charge in [0.25, 0.3) is 11.7 Å². The minimum Gasteiger partial charge on any atom is -0.488 e. The topological polar surface area (TPSA) is 172 Å². The molecule has 14 atom stereocenters. The van der Waals surface area contributed by atoms with Crippen molar-refractivity contribution in [1.82, 2.24) is 9.47 Å². The van der Waals surface area contributed by atoms with Crippen LogP contribution in [-0.4, -0.2) is 126 Å². The third-order valence-electron chi connectivity index (χ3n) is 16.1. The number of amides is 1. The number of allylic oxidation sites excluding steroid dienone is 3. The second kappa shape index (κ2) is 24.6. The van der Waals surface area contributed by atoms with Gasteiger partial charge in [-0.2, -0.15) is 0 Å². The average molecular weight is 997 g/mol. The summed E-state index contributed by atoms with van der Waals surface area (Å²) < 4.78 is 39.5. The van der Waals surface area contributed by atoms with E-state index in [1.54, 1.807) is 35.2 Å². The van der Waals surface area contributed by atoms with E-state index >= 15 is 0 Å². The SMILES string of the molecule is CCC1C=C(C)CC(C)CC(OC)C2OC(O)(C(=O)C(=O)N3CCCCC3C(=O)OC(C(C)=CC3CCC(Oc4ccc5c(ccn5Cc5ccccc5)c4)C(OC)C3)C(C)C(O)CC1=O)C(C)CC2OC. The number of aliphatic hydroxyl groups excluding tert-OH is 1. The van der Waals surface area contributed by atoms with Crippen LogP contribution in [0, 0.1) is 29.6 Å². The lowest BCUT2D eigenvalue weighted by Gasteiger charge is -2.47. The minimum absolute atomic E-state index is 0.00179. The first-order chi connectivity index (χ1) is 34.5. The molecule has 2 aromatic carbocycles. The van der Waals surface area contributed by atoms with E-state index in [0.717, 1.165) is 35.2 Å². The molecular weight excluding hydrogens is 917 g/mol. The molecule has 2 saturated heterocycles. The van der Waals surface area contributed by atoms with Gasteiger partial charge >= 0.3 is 5.97 Å². The molecule has 394 valence electrons. The van der Waals surface area contributed by atoms with Crippen molar-refractivity contribution in [3.63, 3.8) is 0 Å². The van der Waals surface area contributed by atoms with Crippen LogP contribution in [0.2, 0.25) is 0 Å². The lowest BCUT2D eigenvalue weighted by molar-refractivity contribution is -0.302. The van der Waals surface area contributed by atoms with Gasteiger partial charge in [-0.15, -0.1) is 0 Å². The summed E-state index contributed by atoms with van der Waals surface area (Å²) in [5, 5.41) is 25.2. The van der Waals surface area contributed by atoms with Gasteiger partial charge in [-0.05, 0) is 125 Å². The highest BCUT2D eigenvalue weighted by Crippen LogP contribution is 2.40. The van der Waals surface area contributed by atoms with Gasteiger partial charge in [0, 0.05) is 75.7 Å². The fourth-order valence-electron chi connectivity index (χ4n) is 11.9. The van der Waals surface area contributed by atoms with Gasteiger partial charge in [-0.25, -0.2) is 4.79 Å². The number of carbonyl (C=O) groups excluding carboxylic acids is 4. The lowest BCUT2D eigenvalue weighted by atomic mass is 9.81. The quantitative estimate of drug-likeness (QED) is 0.113. The number of benzene rings is 2. The van der Waals surface area contributed by atoms with Crippen molar-refractivity contribution in [2.24, 2.45) is 29.6 Å². The molecule has 3 fully saturated rings. The Morgan fingerprint density at radius 2 is 1.58 bits per heavy atom. The Bertz CT molecular complexity index is 2400. The largest absolute Gasteiger partial charge is 0.488 e. The maximum absolute atomic E-state index is 14.6. The van der Waals surface area contributed by atoms with E-state index in [2.05, 4.69) is 54.1 Å². The van der Waals surface area contributed by atoms with Gasteiger partial charge in [-0.3, -0.25) is 14.4 Å². The summed E-state index contributed by atoms with van der Waals surface area (Å²) in [5.74, 6) is -6.77. The van der Waals surface area contributed by atoms with E-state index < -0.39 is 77.8 Å². The number of hydrogen-bond donors (Lipinski definition) is 2. The predicted octanol–water partition coefficient (Wildman–Crippen LogP) is 8.56. The first-order valence-electron chi connectivity index (χ1n) is 26.4. The van der Waals surface area contributed by atoms with Crippen molar-refractivity contribution in [1.29, 1.82) is 0 Å². The van der Waals surface area contributed by atoms with Gasteiger partial charge in [0.2, 0.25) is 5.79 Å². The van der Waals surface area contributed by atoms with E-state index in [9.17, 15) is 29.4 Å². The Labute approximate surface area is 426 Å². The Morgan fingerprint density at radius 1 is 0.861 bits per heavy atom. The number of piperidine rings is 1. The van der Waals surface area contributed by atoms with Gasteiger partial charge in [-0.1, -0.05) is 75.8 Å². The average Bonchev–Trinajstić information content (AvgIpc) is 3.77. The number of methoxy groups -OCH3 is 3. The fraction of sp³-hybridized carbons (Fsp3) is 0.621. The van der Waals surface area contributed by atoms with Crippen LogP contribution in [0.4, 0.5) is 0 Å². The molecule has 4 aliphatic rings. The Kier molecular flexibility index (Phi) is 18.8. The van der Waals surface area contributed by atoms with Crippen LogP contribution < -0.4 is 4.74 Å².